The molecule has 22 atom stereocenters. The molecule has 0 amide bonds. The first kappa shape index (κ1) is 38.1. The van der Waals surface area contributed by atoms with Crippen LogP contribution in [0.2, 0.25) is 0 Å². The van der Waals surface area contributed by atoms with Crippen molar-refractivity contribution < 1.29 is 63.9 Å². The number of aliphatic hydroxyl groups is 6. The zero-order valence-corrected chi connectivity index (χ0v) is 31.3. The van der Waals surface area contributed by atoms with Gasteiger partial charge in [0.2, 0.25) is 0 Å². The Morgan fingerprint density at radius 2 is 1.54 bits per heavy atom. The van der Waals surface area contributed by atoms with Crippen molar-refractivity contribution in [3.8, 4) is 0 Å². The fourth-order valence-electron chi connectivity index (χ4n) is 12.9. The number of carbonyl (C=O) groups is 1. The average Bonchev–Trinajstić information content (AvgIpc) is 3.56. The van der Waals surface area contributed by atoms with Gasteiger partial charge in [-0.2, -0.15) is 0 Å². The first-order chi connectivity index (χ1) is 24.6. The molecule has 4 heterocycles. The van der Waals surface area contributed by atoms with Crippen LogP contribution in [-0.4, -0.2) is 129 Å². The van der Waals surface area contributed by atoms with E-state index in [0.29, 0.717) is 54.8 Å². The molecule has 0 unspecified atom stereocenters. The van der Waals surface area contributed by atoms with Gasteiger partial charge in [-0.25, -0.2) is 0 Å². The van der Waals surface area contributed by atoms with Crippen LogP contribution < -0.4 is 0 Å². The summed E-state index contributed by atoms with van der Waals surface area (Å²) in [5.74, 6) is 2.06. The van der Waals surface area contributed by atoms with Gasteiger partial charge in [0.15, 0.2) is 18.4 Å². The molecule has 13 heteroatoms. The zero-order valence-electron chi connectivity index (χ0n) is 31.3. The molecule has 4 saturated carbocycles. The number of ether oxygens (including phenoxy) is 6. The highest BCUT2D eigenvalue weighted by atomic mass is 16.8. The van der Waals surface area contributed by atoms with Crippen LogP contribution in [0.1, 0.15) is 92.4 Å². The summed E-state index contributed by atoms with van der Waals surface area (Å²) >= 11 is 0. The summed E-state index contributed by atoms with van der Waals surface area (Å²) in [7, 11) is 0. The van der Waals surface area contributed by atoms with Crippen LogP contribution in [-0.2, 0) is 33.2 Å². The van der Waals surface area contributed by atoms with Crippen molar-refractivity contribution >= 4 is 5.78 Å². The summed E-state index contributed by atoms with van der Waals surface area (Å²) in [5.41, 5.74) is -0.0798. The Hall–Kier alpha value is -0.810. The third kappa shape index (κ3) is 5.81. The van der Waals surface area contributed by atoms with Crippen molar-refractivity contribution in [1.82, 2.24) is 0 Å². The number of hydrogen-bond donors (Lipinski definition) is 6. The quantitative estimate of drug-likeness (QED) is 0.223. The Labute approximate surface area is 306 Å². The van der Waals surface area contributed by atoms with Gasteiger partial charge >= 0.3 is 0 Å². The van der Waals surface area contributed by atoms with Gasteiger partial charge in [0, 0.05) is 24.7 Å². The molecule has 52 heavy (non-hydrogen) atoms. The fourth-order valence-corrected chi connectivity index (χ4v) is 12.9. The van der Waals surface area contributed by atoms with E-state index < -0.39 is 79.9 Å². The first-order valence-corrected chi connectivity index (χ1v) is 20.1. The monoisotopic (exact) mass is 738 g/mol. The lowest BCUT2D eigenvalue weighted by molar-refractivity contribution is -0.370. The van der Waals surface area contributed by atoms with Gasteiger partial charge in [-0.05, 0) is 92.3 Å². The van der Waals surface area contributed by atoms with Crippen LogP contribution in [0.3, 0.4) is 0 Å². The minimum absolute atomic E-state index is 0.106. The Balaban J connectivity index is 0.963. The standard InChI is InChI=1S/C39H62O13/c1-17-6-11-39(47-16-17)18(2)28-26(52-39)14-23-21-13-25(41)24-12-20(7-9-37(24,4)22(21)8-10-38(23,28)5)49-36-34(32(45)30(43)27(15-40)50-36)51-35-33(46)31(44)29(42)19(3)48-35/h17-24,26-36,40,42-46H,6-16H2,1-5H3/t17-,18+,19+,20+,21-,22+,23+,24-,26+,27-,28+,29+,30-,31-,32+,33-,34-,35+,36-,37-,38+,39-/m1/s1. The van der Waals surface area contributed by atoms with Crippen LogP contribution in [0.5, 0.6) is 0 Å². The summed E-state index contributed by atoms with van der Waals surface area (Å²) < 4.78 is 37.4. The Morgan fingerprint density at radius 3 is 2.25 bits per heavy atom. The lowest BCUT2D eigenvalue weighted by Crippen LogP contribution is -2.64. The summed E-state index contributed by atoms with van der Waals surface area (Å²) in [6, 6.07) is 0. The second-order valence-electron chi connectivity index (χ2n) is 18.6. The molecule has 0 aromatic rings. The summed E-state index contributed by atoms with van der Waals surface area (Å²) in [6.07, 6.45) is -6.35. The van der Waals surface area contributed by atoms with Gasteiger partial charge in [-0.3, -0.25) is 4.79 Å². The van der Waals surface area contributed by atoms with Crippen LogP contribution in [0.15, 0.2) is 0 Å². The first-order valence-electron chi connectivity index (χ1n) is 20.1. The van der Waals surface area contributed by atoms with Gasteiger partial charge < -0.3 is 59.1 Å². The van der Waals surface area contributed by atoms with Gasteiger partial charge in [-0.15, -0.1) is 0 Å². The predicted molar refractivity (Wildman–Crippen MR) is 182 cm³/mol. The SMILES string of the molecule is C[C@@H]1CC[C@@]2(OC1)O[C@H]1C[C@H]3[C@@H]4CC(=O)[C@H]5C[C@@H](O[C@@H]6O[C@H](CO)[C@@H](O)[C@H](O)[C@H]6O[C@@H]6O[C@@H](C)[C@H](O)[C@@H](O)[C@H]6O)CC[C@]5(C)[C@H]4CC[C@]3(C)[C@H]1[C@@H]2C. The van der Waals surface area contributed by atoms with E-state index in [0.717, 1.165) is 45.1 Å². The molecular formula is C39H62O13. The van der Waals surface area contributed by atoms with E-state index in [-0.39, 0.29) is 28.6 Å². The van der Waals surface area contributed by atoms with Crippen molar-refractivity contribution in [2.75, 3.05) is 13.2 Å². The van der Waals surface area contributed by atoms with E-state index in [9.17, 15) is 35.4 Å². The summed E-state index contributed by atoms with van der Waals surface area (Å²) in [4.78, 5) is 14.3. The average molecular weight is 739 g/mol. The van der Waals surface area contributed by atoms with Gasteiger partial charge in [0.1, 0.15) is 48.5 Å². The second-order valence-corrected chi connectivity index (χ2v) is 18.6. The smallest absolute Gasteiger partial charge is 0.187 e. The number of carbonyl (C=O) groups excluding carboxylic acids is 1. The third-order valence-electron chi connectivity index (χ3n) is 15.9. The van der Waals surface area contributed by atoms with E-state index in [1.807, 2.05) is 0 Å². The van der Waals surface area contributed by atoms with Crippen molar-refractivity contribution in [2.24, 2.45) is 52.3 Å². The van der Waals surface area contributed by atoms with E-state index in [4.69, 9.17) is 28.4 Å². The van der Waals surface area contributed by atoms with E-state index in [1.54, 1.807) is 0 Å². The highest BCUT2D eigenvalue weighted by Gasteiger charge is 2.70. The molecule has 0 aromatic carbocycles. The van der Waals surface area contributed by atoms with E-state index in [2.05, 4.69) is 27.7 Å². The maximum Gasteiger partial charge on any atom is 0.187 e. The number of aliphatic hydroxyl groups excluding tert-OH is 6. The van der Waals surface area contributed by atoms with Crippen molar-refractivity contribution in [2.45, 2.75) is 172 Å². The van der Waals surface area contributed by atoms with Crippen molar-refractivity contribution in [3.63, 3.8) is 0 Å². The Kier molecular flexibility index (Phi) is 10.0. The largest absolute Gasteiger partial charge is 0.394 e. The van der Waals surface area contributed by atoms with Crippen molar-refractivity contribution in [3.05, 3.63) is 0 Å². The molecule has 13 nitrogen and oxygen atoms in total. The fraction of sp³-hybridized carbons (Fsp3) is 0.974. The number of rotatable bonds is 5. The molecule has 4 aliphatic heterocycles. The minimum Gasteiger partial charge on any atom is -0.394 e. The van der Waals surface area contributed by atoms with Crippen LogP contribution in [0.25, 0.3) is 0 Å². The van der Waals surface area contributed by atoms with Gasteiger partial charge in [0.25, 0.3) is 0 Å². The highest BCUT2D eigenvalue weighted by Crippen LogP contribution is 2.71. The molecule has 0 aromatic heterocycles. The highest BCUT2D eigenvalue weighted by molar-refractivity contribution is 5.83. The number of hydrogen-bond acceptors (Lipinski definition) is 13. The molecule has 4 saturated heterocycles. The van der Waals surface area contributed by atoms with Crippen LogP contribution >= 0.6 is 0 Å². The molecule has 1 spiro atoms. The topological polar surface area (TPSA) is 194 Å². The van der Waals surface area contributed by atoms with Crippen LogP contribution in [0.4, 0.5) is 0 Å². The molecule has 8 rings (SSSR count). The zero-order chi connectivity index (χ0) is 37.1. The summed E-state index contributed by atoms with van der Waals surface area (Å²) in [6.45, 7) is 11.1. The summed E-state index contributed by atoms with van der Waals surface area (Å²) in [5, 5.41) is 62.9. The lowest BCUT2D eigenvalue weighted by atomic mass is 9.44. The third-order valence-corrected chi connectivity index (χ3v) is 15.9. The van der Waals surface area contributed by atoms with E-state index in [1.165, 1.54) is 6.92 Å². The Morgan fingerprint density at radius 1 is 0.788 bits per heavy atom. The molecule has 0 radical (unpaired) electrons. The number of Topliss-reactive ketones (excluding diaryl/α,β-unsaturated/α-hetero) is 1. The second kappa shape index (κ2) is 13.7. The number of fused-ring (bicyclic) bond motifs is 7. The maximum absolute atomic E-state index is 14.3. The van der Waals surface area contributed by atoms with Gasteiger partial charge in [0.05, 0.1) is 31.5 Å². The molecule has 296 valence electrons. The predicted octanol–water partition coefficient (Wildman–Crippen LogP) is 1.65. The van der Waals surface area contributed by atoms with Crippen molar-refractivity contribution in [1.29, 1.82) is 0 Å². The molecule has 8 fully saturated rings. The molecule has 6 N–H and O–H groups in total. The molecule has 0 bridgehead atoms. The lowest BCUT2D eigenvalue weighted by Gasteiger charge is -2.60. The van der Waals surface area contributed by atoms with Crippen LogP contribution in [0, 0.1) is 52.3 Å². The molecule has 4 aliphatic carbocycles. The normalized spacial score (nSPS) is 59.1. The molecular weight excluding hydrogens is 676 g/mol. The molecule has 8 aliphatic rings. The minimum atomic E-state index is -1.65. The number of ketones is 1. The van der Waals surface area contributed by atoms with E-state index >= 15 is 0 Å². The Bertz CT molecular complexity index is 1320. The van der Waals surface area contributed by atoms with Gasteiger partial charge in [-0.1, -0.05) is 27.7 Å². The maximum atomic E-state index is 14.3.